The second-order valence-corrected chi connectivity index (χ2v) is 13.8. The lowest BCUT2D eigenvalue weighted by atomic mass is 10.0. The summed E-state index contributed by atoms with van der Waals surface area (Å²) in [6.07, 6.45) is 3.58. The monoisotopic (exact) mass is 672 g/mol. The maximum atomic E-state index is 14.0. The van der Waals surface area contributed by atoms with E-state index in [1.165, 1.54) is 0 Å². The first-order valence-electron chi connectivity index (χ1n) is 15.7. The van der Waals surface area contributed by atoms with E-state index in [9.17, 15) is 22.8 Å². The SMILES string of the molecule is Cc1nn(C)cc1CNC(=O)[C@@H]1Cc2cccc(c2)Oc2cccc(c2)C[C@H](NS(C)(=O)=O)C(=O)N[C@@H](CCc2ccccc2)C(=O)N1. The van der Waals surface area contributed by atoms with Crippen LogP contribution >= 0.6 is 0 Å². The maximum absolute atomic E-state index is 14.0. The number of amides is 3. The van der Waals surface area contributed by atoms with Gasteiger partial charge >= 0.3 is 0 Å². The molecule has 4 bridgehead atoms. The van der Waals surface area contributed by atoms with Crippen LogP contribution in [0.1, 0.15) is 34.4 Å². The molecule has 3 aromatic carbocycles. The van der Waals surface area contributed by atoms with Gasteiger partial charge in [-0.1, -0.05) is 54.6 Å². The topological polar surface area (TPSA) is 161 Å². The number of aryl methyl sites for hydroxylation is 3. The van der Waals surface area contributed by atoms with Gasteiger partial charge in [0.05, 0.1) is 11.9 Å². The Balaban J connectivity index is 1.50. The number of fused-ring (bicyclic) bond motifs is 4. The standard InChI is InChI=1S/C35H40N6O6S/c1-23-27(22-41(2)39-23)21-36-33(42)31-19-25-11-7-13-28(17-25)47-29-14-8-12-26(18-29)20-32(40-48(3,45)46)35(44)37-30(34(43)38-31)16-15-24-9-5-4-6-10-24/h4-14,17-18,22,30-32,40H,15-16,19-21H2,1-3H3,(H,36,42)(H,37,44)(H,38,43)/t30-,31-,32-/m0/s1. The molecule has 12 nitrogen and oxygen atoms in total. The Hall–Kier alpha value is -5.01. The van der Waals surface area contributed by atoms with Gasteiger partial charge in [0.2, 0.25) is 27.7 Å². The molecule has 3 atom stereocenters. The van der Waals surface area contributed by atoms with Crippen molar-refractivity contribution in [1.82, 2.24) is 30.5 Å². The number of nitrogens with one attached hydrogen (secondary N) is 4. The zero-order valence-electron chi connectivity index (χ0n) is 27.1. The summed E-state index contributed by atoms with van der Waals surface area (Å²) in [5, 5.41) is 12.9. The van der Waals surface area contributed by atoms with Crippen molar-refractivity contribution < 1.29 is 27.5 Å². The molecule has 4 aromatic rings. The number of rotatable bonds is 8. The molecular weight excluding hydrogens is 632 g/mol. The number of nitrogens with zero attached hydrogens (tertiary/aromatic N) is 2. The largest absolute Gasteiger partial charge is 0.457 e. The number of sulfonamides is 1. The Labute approximate surface area is 280 Å². The summed E-state index contributed by atoms with van der Waals surface area (Å²) in [5.74, 6) is -0.665. The molecule has 252 valence electrons. The van der Waals surface area contributed by atoms with E-state index in [4.69, 9.17) is 4.74 Å². The molecule has 13 heteroatoms. The minimum Gasteiger partial charge on any atom is -0.457 e. The van der Waals surface area contributed by atoms with Crippen LogP contribution in [0.4, 0.5) is 0 Å². The molecule has 0 fully saturated rings. The van der Waals surface area contributed by atoms with Crippen molar-refractivity contribution in [3.63, 3.8) is 0 Å². The Bertz CT molecular complexity index is 1880. The normalized spacial score (nSPS) is 18.7. The van der Waals surface area contributed by atoms with Gasteiger partial charge in [-0.05, 0) is 67.1 Å². The number of hydrogen-bond donors (Lipinski definition) is 4. The van der Waals surface area contributed by atoms with E-state index in [-0.39, 0.29) is 25.8 Å². The van der Waals surface area contributed by atoms with E-state index in [0.29, 0.717) is 23.5 Å². The first kappa shape index (κ1) is 34.3. The number of benzene rings is 3. The minimum absolute atomic E-state index is 0.00194. The number of aromatic nitrogens is 2. The van der Waals surface area contributed by atoms with E-state index in [1.54, 1.807) is 48.1 Å². The average Bonchev–Trinajstić information content (AvgIpc) is 3.37. The summed E-state index contributed by atoms with van der Waals surface area (Å²) in [7, 11) is -2.02. The third-order valence-electron chi connectivity index (χ3n) is 7.98. The Morgan fingerprint density at radius 3 is 2.23 bits per heavy atom. The number of carbonyl (C=O) groups excluding carboxylic acids is 3. The fourth-order valence-electron chi connectivity index (χ4n) is 5.63. The lowest BCUT2D eigenvalue weighted by Gasteiger charge is -2.26. The highest BCUT2D eigenvalue weighted by molar-refractivity contribution is 7.88. The molecular formula is C35H40N6O6S. The minimum atomic E-state index is -3.81. The fourth-order valence-corrected chi connectivity index (χ4v) is 6.34. The van der Waals surface area contributed by atoms with Crippen LogP contribution in [-0.2, 0) is 57.3 Å². The Kier molecular flexibility index (Phi) is 10.9. The first-order valence-corrected chi connectivity index (χ1v) is 17.6. The maximum Gasteiger partial charge on any atom is 0.243 e. The first-order chi connectivity index (χ1) is 22.9. The molecule has 0 aliphatic carbocycles. The molecule has 0 saturated carbocycles. The predicted molar refractivity (Wildman–Crippen MR) is 181 cm³/mol. The predicted octanol–water partition coefficient (Wildman–Crippen LogP) is 2.46. The second-order valence-electron chi connectivity index (χ2n) is 12.0. The molecule has 3 amide bonds. The van der Waals surface area contributed by atoms with Crippen LogP contribution in [-0.4, -0.2) is 60.3 Å². The molecule has 2 heterocycles. The third kappa shape index (κ3) is 9.75. The average molecular weight is 673 g/mol. The van der Waals surface area contributed by atoms with E-state index in [1.807, 2.05) is 55.6 Å². The lowest BCUT2D eigenvalue weighted by Crippen LogP contribution is -2.57. The highest BCUT2D eigenvalue weighted by Crippen LogP contribution is 2.25. The third-order valence-corrected chi connectivity index (χ3v) is 8.70. The van der Waals surface area contributed by atoms with Crippen LogP contribution in [0, 0.1) is 6.92 Å². The number of ether oxygens (including phenoxy) is 1. The summed E-state index contributed by atoms with van der Waals surface area (Å²) < 4.78 is 34.9. The van der Waals surface area contributed by atoms with Crippen LogP contribution < -0.4 is 25.4 Å². The molecule has 1 aliphatic heterocycles. The quantitative estimate of drug-likeness (QED) is 0.224. The second kappa shape index (κ2) is 15.3. The van der Waals surface area contributed by atoms with E-state index < -0.39 is 45.9 Å². The summed E-state index contributed by atoms with van der Waals surface area (Å²) in [6, 6.07) is 20.4. The molecule has 0 spiro atoms. The van der Waals surface area contributed by atoms with Gasteiger partial charge in [-0.3, -0.25) is 19.1 Å². The Morgan fingerprint density at radius 2 is 1.60 bits per heavy atom. The van der Waals surface area contributed by atoms with Gasteiger partial charge in [-0.15, -0.1) is 0 Å². The zero-order valence-corrected chi connectivity index (χ0v) is 27.9. The highest BCUT2D eigenvalue weighted by Gasteiger charge is 2.31. The van der Waals surface area contributed by atoms with E-state index in [2.05, 4.69) is 25.8 Å². The van der Waals surface area contributed by atoms with Crippen molar-refractivity contribution in [2.45, 2.75) is 57.3 Å². The molecule has 5 rings (SSSR count). The zero-order chi connectivity index (χ0) is 34.3. The summed E-state index contributed by atoms with van der Waals surface area (Å²) >= 11 is 0. The van der Waals surface area contributed by atoms with E-state index in [0.717, 1.165) is 28.6 Å². The van der Waals surface area contributed by atoms with Crippen LogP contribution in [0.3, 0.4) is 0 Å². The van der Waals surface area contributed by atoms with Crippen LogP contribution in [0.15, 0.2) is 85.1 Å². The van der Waals surface area contributed by atoms with Gasteiger partial charge < -0.3 is 20.7 Å². The molecule has 48 heavy (non-hydrogen) atoms. The fraction of sp³-hybridized carbons (Fsp3) is 0.314. The van der Waals surface area contributed by atoms with Gasteiger partial charge in [-0.2, -0.15) is 5.10 Å². The van der Waals surface area contributed by atoms with Crippen LogP contribution in [0.5, 0.6) is 11.5 Å². The Morgan fingerprint density at radius 1 is 0.938 bits per heavy atom. The number of carbonyl (C=O) groups is 3. The molecule has 0 saturated heterocycles. The van der Waals surface area contributed by atoms with Crippen molar-refractivity contribution >= 4 is 27.7 Å². The smallest absolute Gasteiger partial charge is 0.243 e. The lowest BCUT2D eigenvalue weighted by molar-refractivity contribution is -0.132. The highest BCUT2D eigenvalue weighted by atomic mass is 32.2. The summed E-state index contributed by atoms with van der Waals surface area (Å²) in [6.45, 7) is 2.06. The summed E-state index contributed by atoms with van der Waals surface area (Å²) in [4.78, 5) is 41.4. The van der Waals surface area contributed by atoms with Gasteiger partial charge in [-0.25, -0.2) is 13.1 Å². The molecule has 1 aromatic heterocycles. The van der Waals surface area contributed by atoms with Crippen LogP contribution in [0.25, 0.3) is 0 Å². The van der Waals surface area contributed by atoms with Crippen molar-refractivity contribution in [1.29, 1.82) is 0 Å². The van der Waals surface area contributed by atoms with Gasteiger partial charge in [0.1, 0.15) is 29.6 Å². The molecule has 0 radical (unpaired) electrons. The number of hydrogen-bond acceptors (Lipinski definition) is 7. The van der Waals surface area contributed by atoms with E-state index >= 15 is 0 Å². The van der Waals surface area contributed by atoms with Gasteiger partial charge in [0, 0.05) is 31.8 Å². The van der Waals surface area contributed by atoms with Crippen molar-refractivity contribution in [2.24, 2.45) is 7.05 Å². The molecule has 1 aliphatic rings. The molecule has 0 unspecified atom stereocenters. The molecule has 4 N–H and O–H groups in total. The summed E-state index contributed by atoms with van der Waals surface area (Å²) in [5.41, 5.74) is 3.95. The van der Waals surface area contributed by atoms with Crippen LogP contribution in [0.2, 0.25) is 0 Å². The van der Waals surface area contributed by atoms with Crippen molar-refractivity contribution in [2.75, 3.05) is 6.26 Å². The van der Waals surface area contributed by atoms with Gasteiger partial charge in [0.15, 0.2) is 0 Å². The van der Waals surface area contributed by atoms with Crippen molar-refractivity contribution in [3.8, 4) is 11.5 Å². The van der Waals surface area contributed by atoms with Crippen molar-refractivity contribution in [3.05, 3.63) is 113 Å². The van der Waals surface area contributed by atoms with Gasteiger partial charge in [0.25, 0.3) is 0 Å².